The van der Waals surface area contributed by atoms with Gasteiger partial charge in [-0.2, -0.15) is 0 Å². The number of benzene rings is 1. The Morgan fingerprint density at radius 3 is 2.50 bits per heavy atom. The Kier molecular flexibility index (Phi) is 4.12. The van der Waals surface area contributed by atoms with Gasteiger partial charge in [-0.25, -0.2) is 0 Å². The Morgan fingerprint density at radius 2 is 1.95 bits per heavy atom. The number of primary amides is 1. The zero-order valence-electron chi connectivity index (χ0n) is 11.6. The van der Waals surface area contributed by atoms with Crippen LogP contribution in [0.25, 0.3) is 0 Å². The highest BCUT2D eigenvalue weighted by atomic mass is 16.2. The molecule has 1 heterocycles. The molecule has 20 heavy (non-hydrogen) atoms. The fraction of sp³-hybridized carbons (Fsp3) is 0.429. The van der Waals surface area contributed by atoms with Crippen molar-refractivity contribution in [1.82, 2.24) is 5.32 Å². The Hall–Kier alpha value is -2.24. The number of nitrogens with one attached hydrogen (secondary N) is 1. The molecular weight excluding hydrogens is 256 g/mol. The van der Waals surface area contributed by atoms with E-state index in [-0.39, 0.29) is 11.8 Å². The van der Waals surface area contributed by atoms with Crippen molar-refractivity contribution in [3.63, 3.8) is 0 Å². The van der Waals surface area contributed by atoms with Crippen molar-refractivity contribution >= 4 is 23.2 Å². The summed E-state index contributed by atoms with van der Waals surface area (Å²) in [6.45, 7) is 1.45. The number of nitrogen functional groups attached to an aromatic ring is 1. The molecule has 1 aliphatic rings. The van der Waals surface area contributed by atoms with Crippen LogP contribution in [0.1, 0.15) is 23.2 Å². The number of anilines is 2. The van der Waals surface area contributed by atoms with Gasteiger partial charge in [-0.15, -0.1) is 0 Å². The molecule has 0 atom stereocenters. The maximum atomic E-state index is 11.6. The number of carbonyl (C=O) groups is 2. The Labute approximate surface area is 118 Å². The molecular formula is C14H20N4O2. The van der Waals surface area contributed by atoms with Gasteiger partial charge >= 0.3 is 0 Å². The summed E-state index contributed by atoms with van der Waals surface area (Å²) in [6, 6.07) is 5.17. The maximum Gasteiger partial charge on any atom is 0.250 e. The Balaban J connectivity index is 2.15. The normalized spacial score (nSPS) is 15.9. The third kappa shape index (κ3) is 2.84. The van der Waals surface area contributed by atoms with Crippen LogP contribution in [-0.2, 0) is 4.79 Å². The number of piperidine rings is 1. The second kappa shape index (κ2) is 5.81. The molecule has 0 spiro atoms. The summed E-state index contributed by atoms with van der Waals surface area (Å²) >= 11 is 0. The molecule has 108 valence electrons. The lowest BCUT2D eigenvalue weighted by Crippen LogP contribution is -2.40. The molecule has 0 aliphatic carbocycles. The molecule has 0 bridgehead atoms. The largest absolute Gasteiger partial charge is 0.399 e. The van der Waals surface area contributed by atoms with Crippen molar-refractivity contribution < 1.29 is 9.59 Å². The van der Waals surface area contributed by atoms with Crippen LogP contribution >= 0.6 is 0 Å². The standard InChI is InChI=1S/C14H20N4O2/c1-17-14(20)9-4-6-18(7-5-9)12-3-2-10(15)8-11(12)13(16)19/h2-3,8-9H,4-7,15H2,1H3,(H2,16,19)(H,17,20). The molecule has 1 saturated heterocycles. The number of hydrogen-bond donors (Lipinski definition) is 3. The van der Waals surface area contributed by atoms with Crippen molar-refractivity contribution in [3.8, 4) is 0 Å². The van der Waals surface area contributed by atoms with Gasteiger partial charge in [-0.05, 0) is 31.0 Å². The summed E-state index contributed by atoms with van der Waals surface area (Å²) in [5.74, 6) is -0.361. The van der Waals surface area contributed by atoms with Crippen LogP contribution in [0.2, 0.25) is 0 Å². The zero-order chi connectivity index (χ0) is 14.7. The van der Waals surface area contributed by atoms with Crippen LogP contribution in [0.3, 0.4) is 0 Å². The third-order valence-electron chi connectivity index (χ3n) is 3.74. The number of nitrogens with two attached hydrogens (primary N) is 2. The lowest BCUT2D eigenvalue weighted by atomic mass is 9.95. The van der Waals surface area contributed by atoms with Crippen LogP contribution in [0.15, 0.2) is 18.2 Å². The van der Waals surface area contributed by atoms with Gasteiger partial charge in [0.05, 0.1) is 5.56 Å². The molecule has 6 nitrogen and oxygen atoms in total. The number of amides is 2. The highest BCUT2D eigenvalue weighted by Crippen LogP contribution is 2.27. The fourth-order valence-corrected chi connectivity index (χ4v) is 2.61. The van der Waals surface area contributed by atoms with E-state index in [1.807, 2.05) is 6.07 Å². The molecule has 0 saturated carbocycles. The van der Waals surface area contributed by atoms with Crippen LogP contribution in [0.5, 0.6) is 0 Å². The van der Waals surface area contributed by atoms with Gasteiger partial charge in [0.2, 0.25) is 5.91 Å². The van der Waals surface area contributed by atoms with E-state index in [0.29, 0.717) is 11.3 Å². The predicted molar refractivity (Wildman–Crippen MR) is 78.4 cm³/mol. The second-order valence-corrected chi connectivity index (χ2v) is 5.02. The molecule has 1 fully saturated rings. The topological polar surface area (TPSA) is 101 Å². The van der Waals surface area contributed by atoms with Gasteiger partial charge in [0, 0.05) is 37.4 Å². The minimum Gasteiger partial charge on any atom is -0.399 e. The molecule has 0 unspecified atom stereocenters. The first-order chi connectivity index (χ1) is 9.52. The zero-order valence-corrected chi connectivity index (χ0v) is 11.6. The van der Waals surface area contributed by atoms with E-state index < -0.39 is 5.91 Å². The average molecular weight is 276 g/mol. The molecule has 0 aromatic heterocycles. The smallest absolute Gasteiger partial charge is 0.250 e. The second-order valence-electron chi connectivity index (χ2n) is 5.02. The van der Waals surface area contributed by atoms with E-state index in [1.165, 1.54) is 0 Å². The summed E-state index contributed by atoms with van der Waals surface area (Å²) < 4.78 is 0. The van der Waals surface area contributed by atoms with Gasteiger partial charge < -0.3 is 21.7 Å². The third-order valence-corrected chi connectivity index (χ3v) is 3.74. The van der Waals surface area contributed by atoms with Crippen molar-refractivity contribution in [2.75, 3.05) is 30.8 Å². The first-order valence-electron chi connectivity index (χ1n) is 6.68. The van der Waals surface area contributed by atoms with Gasteiger partial charge in [-0.3, -0.25) is 9.59 Å². The Morgan fingerprint density at radius 1 is 1.30 bits per heavy atom. The van der Waals surface area contributed by atoms with Gasteiger partial charge in [0.25, 0.3) is 5.91 Å². The van der Waals surface area contributed by atoms with Crippen molar-refractivity contribution in [2.45, 2.75) is 12.8 Å². The summed E-state index contributed by atoms with van der Waals surface area (Å²) in [6.07, 6.45) is 1.53. The van der Waals surface area contributed by atoms with Crippen LogP contribution in [0, 0.1) is 5.92 Å². The summed E-state index contributed by atoms with van der Waals surface area (Å²) in [4.78, 5) is 25.2. The van der Waals surface area contributed by atoms with E-state index in [4.69, 9.17) is 11.5 Å². The first-order valence-corrected chi connectivity index (χ1v) is 6.68. The van der Waals surface area contributed by atoms with Crippen LogP contribution < -0.4 is 21.7 Å². The van der Waals surface area contributed by atoms with E-state index in [2.05, 4.69) is 10.2 Å². The summed E-state index contributed by atoms with van der Waals surface area (Å²) in [5.41, 5.74) is 12.8. The molecule has 1 aromatic carbocycles. The fourth-order valence-electron chi connectivity index (χ4n) is 2.61. The van der Waals surface area contributed by atoms with Crippen LogP contribution in [0.4, 0.5) is 11.4 Å². The molecule has 1 aliphatic heterocycles. The van der Waals surface area contributed by atoms with Crippen molar-refractivity contribution in [2.24, 2.45) is 11.7 Å². The molecule has 2 rings (SSSR count). The molecule has 0 radical (unpaired) electrons. The first kappa shape index (κ1) is 14.2. The van der Waals surface area contributed by atoms with Gasteiger partial charge in [-0.1, -0.05) is 0 Å². The highest BCUT2D eigenvalue weighted by molar-refractivity contribution is 5.99. The quantitative estimate of drug-likeness (QED) is 0.692. The number of carbonyl (C=O) groups excluding carboxylic acids is 2. The monoisotopic (exact) mass is 276 g/mol. The average Bonchev–Trinajstić information content (AvgIpc) is 2.46. The predicted octanol–water partition coefficient (Wildman–Crippen LogP) is 0.330. The number of hydrogen-bond acceptors (Lipinski definition) is 4. The summed E-state index contributed by atoms with van der Waals surface area (Å²) in [7, 11) is 1.65. The maximum absolute atomic E-state index is 11.6. The number of rotatable bonds is 3. The van der Waals surface area contributed by atoms with Crippen molar-refractivity contribution in [1.29, 1.82) is 0 Å². The van der Waals surface area contributed by atoms with E-state index in [9.17, 15) is 9.59 Å². The summed E-state index contributed by atoms with van der Waals surface area (Å²) in [5, 5.41) is 2.68. The van der Waals surface area contributed by atoms with Gasteiger partial charge in [0.1, 0.15) is 0 Å². The molecule has 6 heteroatoms. The van der Waals surface area contributed by atoms with E-state index in [0.717, 1.165) is 31.6 Å². The van der Waals surface area contributed by atoms with Gasteiger partial charge in [0.15, 0.2) is 0 Å². The van der Waals surface area contributed by atoms with E-state index in [1.54, 1.807) is 19.2 Å². The lowest BCUT2D eigenvalue weighted by Gasteiger charge is -2.33. The lowest BCUT2D eigenvalue weighted by molar-refractivity contribution is -0.125. The minimum atomic E-state index is -0.485. The van der Waals surface area contributed by atoms with Crippen LogP contribution in [-0.4, -0.2) is 32.0 Å². The SMILES string of the molecule is CNC(=O)C1CCN(c2ccc(N)cc2C(N)=O)CC1. The Bertz CT molecular complexity index is 522. The molecule has 5 N–H and O–H groups in total. The highest BCUT2D eigenvalue weighted by Gasteiger charge is 2.26. The van der Waals surface area contributed by atoms with E-state index >= 15 is 0 Å². The molecule has 1 aromatic rings. The number of nitrogens with zero attached hydrogens (tertiary/aromatic N) is 1. The molecule has 2 amide bonds. The minimum absolute atomic E-state index is 0.0436. The van der Waals surface area contributed by atoms with Crippen molar-refractivity contribution in [3.05, 3.63) is 23.8 Å².